The Morgan fingerprint density at radius 2 is 2.00 bits per heavy atom. The van der Waals surface area contributed by atoms with E-state index in [2.05, 4.69) is 10.5 Å². The van der Waals surface area contributed by atoms with E-state index in [1.54, 1.807) is 6.07 Å². The van der Waals surface area contributed by atoms with Crippen molar-refractivity contribution in [2.24, 2.45) is 10.5 Å². The normalized spacial score (nSPS) is 11.8. The van der Waals surface area contributed by atoms with Crippen molar-refractivity contribution in [3.05, 3.63) is 34.9 Å². The van der Waals surface area contributed by atoms with Crippen LogP contribution in [0.4, 0.5) is 0 Å². The van der Waals surface area contributed by atoms with Gasteiger partial charge in [0.15, 0.2) is 0 Å². The number of amides is 1. The van der Waals surface area contributed by atoms with Crippen LogP contribution in [0.25, 0.3) is 0 Å². The highest BCUT2D eigenvalue weighted by molar-refractivity contribution is 6.33. The second-order valence-corrected chi connectivity index (χ2v) is 4.88. The second kappa shape index (κ2) is 5.12. The van der Waals surface area contributed by atoms with E-state index in [4.69, 9.17) is 11.6 Å². The van der Waals surface area contributed by atoms with Crippen molar-refractivity contribution in [1.29, 1.82) is 0 Å². The van der Waals surface area contributed by atoms with E-state index in [1.165, 1.54) is 6.21 Å². The van der Waals surface area contributed by atoms with Gasteiger partial charge in [0.05, 0.1) is 6.21 Å². The minimum atomic E-state index is -0.447. The minimum absolute atomic E-state index is 0.129. The first-order chi connectivity index (χ1) is 7.41. The van der Waals surface area contributed by atoms with Gasteiger partial charge >= 0.3 is 0 Å². The summed E-state index contributed by atoms with van der Waals surface area (Å²) in [6.45, 7) is 5.48. The molecule has 86 valence electrons. The molecule has 3 nitrogen and oxygen atoms in total. The van der Waals surface area contributed by atoms with Crippen LogP contribution in [0.2, 0.25) is 5.02 Å². The SMILES string of the molecule is CC(C)(C)C(=O)N/N=C/c1ccccc1Cl. The van der Waals surface area contributed by atoms with Crippen molar-refractivity contribution in [3.8, 4) is 0 Å². The summed E-state index contributed by atoms with van der Waals surface area (Å²) in [6.07, 6.45) is 1.53. The van der Waals surface area contributed by atoms with E-state index in [1.807, 2.05) is 39.0 Å². The molecule has 0 fully saturated rings. The topological polar surface area (TPSA) is 41.5 Å². The Hall–Kier alpha value is -1.35. The van der Waals surface area contributed by atoms with Gasteiger partial charge in [0, 0.05) is 16.0 Å². The number of halogens is 1. The van der Waals surface area contributed by atoms with Gasteiger partial charge in [-0.2, -0.15) is 5.10 Å². The number of nitrogens with one attached hydrogen (secondary N) is 1. The molecule has 0 aromatic heterocycles. The highest BCUT2D eigenvalue weighted by Gasteiger charge is 2.20. The number of carbonyl (C=O) groups is 1. The Bertz CT molecular complexity index is 408. The van der Waals surface area contributed by atoms with Crippen LogP contribution < -0.4 is 5.43 Å². The zero-order chi connectivity index (χ0) is 12.2. The Morgan fingerprint density at radius 1 is 1.38 bits per heavy atom. The molecule has 0 aliphatic rings. The number of hydrogen-bond donors (Lipinski definition) is 1. The fourth-order valence-corrected chi connectivity index (χ4v) is 1.09. The Labute approximate surface area is 101 Å². The lowest BCUT2D eigenvalue weighted by molar-refractivity contribution is -0.128. The zero-order valence-electron chi connectivity index (χ0n) is 9.62. The van der Waals surface area contributed by atoms with Crippen LogP contribution in [0.1, 0.15) is 26.3 Å². The van der Waals surface area contributed by atoms with Crippen LogP contribution in [-0.2, 0) is 4.79 Å². The molecule has 1 rings (SSSR count). The van der Waals surface area contributed by atoms with Crippen molar-refractivity contribution in [2.75, 3.05) is 0 Å². The van der Waals surface area contributed by atoms with Gasteiger partial charge in [0.2, 0.25) is 5.91 Å². The number of rotatable bonds is 2. The lowest BCUT2D eigenvalue weighted by Crippen LogP contribution is -2.31. The number of carbonyl (C=O) groups excluding carboxylic acids is 1. The molecular formula is C12H15ClN2O. The van der Waals surface area contributed by atoms with Crippen molar-refractivity contribution in [2.45, 2.75) is 20.8 Å². The molecule has 0 saturated carbocycles. The molecular weight excluding hydrogens is 224 g/mol. The van der Waals surface area contributed by atoms with Crippen LogP contribution >= 0.6 is 11.6 Å². The van der Waals surface area contributed by atoms with Gasteiger partial charge in [-0.05, 0) is 6.07 Å². The van der Waals surface area contributed by atoms with E-state index in [0.29, 0.717) is 5.02 Å². The number of hydrazone groups is 1. The lowest BCUT2D eigenvalue weighted by atomic mass is 9.96. The van der Waals surface area contributed by atoms with E-state index in [-0.39, 0.29) is 5.91 Å². The highest BCUT2D eigenvalue weighted by Crippen LogP contribution is 2.13. The Kier molecular flexibility index (Phi) is 4.07. The minimum Gasteiger partial charge on any atom is -0.273 e. The monoisotopic (exact) mass is 238 g/mol. The molecule has 0 bridgehead atoms. The first kappa shape index (κ1) is 12.7. The molecule has 0 radical (unpaired) electrons. The molecule has 1 amide bonds. The summed E-state index contributed by atoms with van der Waals surface area (Å²) in [5.41, 5.74) is 2.80. The van der Waals surface area contributed by atoms with Crippen LogP contribution in [0.5, 0.6) is 0 Å². The van der Waals surface area contributed by atoms with E-state index in [9.17, 15) is 4.79 Å². The molecule has 16 heavy (non-hydrogen) atoms. The summed E-state index contributed by atoms with van der Waals surface area (Å²) in [7, 11) is 0. The maximum Gasteiger partial charge on any atom is 0.245 e. The molecule has 0 aliphatic heterocycles. The maximum atomic E-state index is 11.5. The first-order valence-corrected chi connectivity index (χ1v) is 5.37. The molecule has 1 N–H and O–H groups in total. The van der Waals surface area contributed by atoms with Gasteiger partial charge in [-0.3, -0.25) is 4.79 Å². The van der Waals surface area contributed by atoms with Crippen LogP contribution in [-0.4, -0.2) is 12.1 Å². The van der Waals surface area contributed by atoms with Crippen molar-refractivity contribution in [1.82, 2.24) is 5.43 Å². The molecule has 0 atom stereocenters. The predicted octanol–water partition coefficient (Wildman–Crippen LogP) is 2.84. The van der Waals surface area contributed by atoms with E-state index < -0.39 is 5.41 Å². The summed E-state index contributed by atoms with van der Waals surface area (Å²) in [5, 5.41) is 4.47. The molecule has 4 heteroatoms. The molecule has 1 aromatic carbocycles. The van der Waals surface area contributed by atoms with Crippen LogP contribution in [0.3, 0.4) is 0 Å². The summed E-state index contributed by atoms with van der Waals surface area (Å²) >= 11 is 5.93. The largest absolute Gasteiger partial charge is 0.273 e. The number of benzene rings is 1. The highest BCUT2D eigenvalue weighted by atomic mass is 35.5. The van der Waals surface area contributed by atoms with Gasteiger partial charge in [0.1, 0.15) is 0 Å². The van der Waals surface area contributed by atoms with Crippen molar-refractivity contribution >= 4 is 23.7 Å². The summed E-state index contributed by atoms with van der Waals surface area (Å²) in [6, 6.07) is 7.30. The summed E-state index contributed by atoms with van der Waals surface area (Å²) < 4.78 is 0. The standard InChI is InChI=1S/C12H15ClN2O/c1-12(2,3)11(16)15-14-8-9-6-4-5-7-10(9)13/h4-8H,1-3H3,(H,15,16)/b14-8+. The second-order valence-electron chi connectivity index (χ2n) is 4.47. The molecule has 0 unspecified atom stereocenters. The quantitative estimate of drug-likeness (QED) is 0.625. The van der Waals surface area contributed by atoms with Gasteiger partial charge in [-0.1, -0.05) is 50.6 Å². The number of hydrogen-bond acceptors (Lipinski definition) is 2. The van der Waals surface area contributed by atoms with Gasteiger partial charge in [0.25, 0.3) is 0 Å². The van der Waals surface area contributed by atoms with Crippen LogP contribution in [0.15, 0.2) is 29.4 Å². The summed E-state index contributed by atoms with van der Waals surface area (Å²) in [5.74, 6) is -0.129. The molecule has 0 saturated heterocycles. The van der Waals surface area contributed by atoms with E-state index >= 15 is 0 Å². The summed E-state index contributed by atoms with van der Waals surface area (Å²) in [4.78, 5) is 11.5. The average Bonchev–Trinajstić information content (AvgIpc) is 2.19. The zero-order valence-corrected chi connectivity index (χ0v) is 10.4. The maximum absolute atomic E-state index is 11.5. The third-order valence-electron chi connectivity index (χ3n) is 1.96. The first-order valence-electron chi connectivity index (χ1n) is 4.99. The average molecular weight is 239 g/mol. The lowest BCUT2D eigenvalue weighted by Gasteiger charge is -2.14. The Morgan fingerprint density at radius 3 is 2.56 bits per heavy atom. The molecule has 0 heterocycles. The van der Waals surface area contributed by atoms with Gasteiger partial charge < -0.3 is 0 Å². The smallest absolute Gasteiger partial charge is 0.245 e. The fourth-order valence-electron chi connectivity index (χ4n) is 0.908. The third kappa shape index (κ3) is 3.66. The van der Waals surface area contributed by atoms with Gasteiger partial charge in [-0.15, -0.1) is 0 Å². The fraction of sp³-hybridized carbons (Fsp3) is 0.333. The van der Waals surface area contributed by atoms with Gasteiger partial charge in [-0.25, -0.2) is 5.43 Å². The predicted molar refractivity (Wildman–Crippen MR) is 66.6 cm³/mol. The third-order valence-corrected chi connectivity index (χ3v) is 2.30. The molecule has 0 aliphatic carbocycles. The van der Waals surface area contributed by atoms with Crippen molar-refractivity contribution < 1.29 is 4.79 Å². The Balaban J connectivity index is 2.63. The van der Waals surface area contributed by atoms with Crippen molar-refractivity contribution in [3.63, 3.8) is 0 Å². The molecule has 0 spiro atoms. The van der Waals surface area contributed by atoms with Crippen LogP contribution in [0, 0.1) is 5.41 Å². The number of nitrogens with zero attached hydrogens (tertiary/aromatic N) is 1. The van der Waals surface area contributed by atoms with E-state index in [0.717, 1.165) is 5.56 Å². The molecule has 1 aromatic rings.